The van der Waals surface area contributed by atoms with Crippen LogP contribution in [-0.2, 0) is 46.8 Å². The number of alkyl halides is 2. The lowest BCUT2D eigenvalue weighted by molar-refractivity contribution is -0.210. The molecule has 354 valence electrons. The van der Waals surface area contributed by atoms with Gasteiger partial charge in [0.05, 0.1) is 18.2 Å². The number of benzene rings is 2. The van der Waals surface area contributed by atoms with E-state index in [-0.39, 0.29) is 70.6 Å². The van der Waals surface area contributed by atoms with Crippen LogP contribution in [0.3, 0.4) is 0 Å². The molecule has 0 aromatic heterocycles. The fourth-order valence-corrected chi connectivity index (χ4v) is 8.67. The molecule has 1 spiro atoms. The molecular weight excluding hydrogens is 857 g/mol. The SMILES string of the molecule is CC(C)CC(NC(=O)C(Cc1ccccc1)NC(=O)C(Cc1ccccc1)NC(=O)O)C(=O)NC(CCCCNC(=O)OC(C)(C)C)C(=O)N1CCC2(CN(S(C)(=O)=O)C2)C(F)(F)C1. The number of ether oxygens (including phenoxy) is 1. The van der Waals surface area contributed by atoms with Crippen LogP contribution in [0.4, 0.5) is 18.4 Å². The van der Waals surface area contributed by atoms with E-state index in [1.54, 1.807) is 95.3 Å². The maximum atomic E-state index is 15.8. The number of likely N-dealkylation sites (tertiary alicyclic amines) is 1. The second kappa shape index (κ2) is 22.0. The third kappa shape index (κ3) is 15.1. The number of rotatable bonds is 20. The summed E-state index contributed by atoms with van der Waals surface area (Å²) in [4.78, 5) is 81.2. The van der Waals surface area contributed by atoms with Crippen LogP contribution in [0, 0.1) is 11.3 Å². The van der Waals surface area contributed by atoms with Gasteiger partial charge in [0.2, 0.25) is 33.7 Å². The van der Waals surface area contributed by atoms with Gasteiger partial charge in [0.1, 0.15) is 29.8 Å². The molecular formula is C44H63F2N7O10S. The molecule has 0 aliphatic carbocycles. The Kier molecular flexibility index (Phi) is 17.6. The van der Waals surface area contributed by atoms with Gasteiger partial charge in [-0.3, -0.25) is 19.2 Å². The highest BCUT2D eigenvalue weighted by atomic mass is 32.2. The number of alkyl carbamates (subject to hydrolysis) is 1. The molecule has 0 radical (unpaired) electrons. The van der Waals surface area contributed by atoms with Crippen molar-refractivity contribution in [3.8, 4) is 0 Å². The second-order valence-electron chi connectivity index (χ2n) is 18.1. The Bertz CT molecular complexity index is 2050. The lowest BCUT2D eigenvalue weighted by atomic mass is 9.70. The van der Waals surface area contributed by atoms with Crippen molar-refractivity contribution < 1.29 is 55.8 Å². The zero-order chi connectivity index (χ0) is 47.5. The highest BCUT2D eigenvalue weighted by molar-refractivity contribution is 7.88. The molecule has 2 aromatic carbocycles. The number of carbonyl (C=O) groups is 6. The molecule has 4 rings (SSSR count). The van der Waals surface area contributed by atoms with E-state index in [4.69, 9.17) is 4.74 Å². The van der Waals surface area contributed by atoms with Crippen molar-refractivity contribution in [3.63, 3.8) is 0 Å². The molecule has 2 aromatic rings. The average Bonchev–Trinajstić information content (AvgIpc) is 3.17. The van der Waals surface area contributed by atoms with Gasteiger partial charge in [0.25, 0.3) is 5.92 Å². The van der Waals surface area contributed by atoms with Crippen molar-refractivity contribution in [1.82, 2.24) is 35.8 Å². The quantitative estimate of drug-likeness (QED) is 0.106. The number of carbonyl (C=O) groups excluding carboxylic acids is 5. The van der Waals surface area contributed by atoms with Gasteiger partial charge in [-0.05, 0) is 69.9 Å². The highest BCUT2D eigenvalue weighted by Gasteiger charge is 2.64. The van der Waals surface area contributed by atoms with E-state index in [2.05, 4.69) is 26.6 Å². The average molecular weight is 920 g/mol. The van der Waals surface area contributed by atoms with Crippen LogP contribution in [-0.4, -0.2) is 133 Å². The van der Waals surface area contributed by atoms with Crippen LogP contribution in [0.15, 0.2) is 60.7 Å². The summed E-state index contributed by atoms with van der Waals surface area (Å²) in [7, 11) is -3.69. The third-order valence-corrected chi connectivity index (χ3v) is 12.3. The molecule has 20 heteroatoms. The first-order chi connectivity index (χ1) is 29.9. The fourth-order valence-electron chi connectivity index (χ4n) is 7.70. The summed E-state index contributed by atoms with van der Waals surface area (Å²) in [6, 6.07) is 12.2. The molecule has 0 saturated carbocycles. The van der Waals surface area contributed by atoms with Gasteiger partial charge < -0.3 is 41.3 Å². The number of hydrogen-bond acceptors (Lipinski definition) is 9. The first-order valence-corrected chi connectivity index (χ1v) is 23.3. The van der Waals surface area contributed by atoms with Gasteiger partial charge in [-0.25, -0.2) is 31.1 Å². The molecule has 2 heterocycles. The van der Waals surface area contributed by atoms with Crippen molar-refractivity contribution >= 4 is 45.8 Å². The number of halogens is 2. The van der Waals surface area contributed by atoms with E-state index in [9.17, 15) is 42.3 Å². The monoisotopic (exact) mass is 919 g/mol. The minimum absolute atomic E-state index is 0.0213. The van der Waals surface area contributed by atoms with Gasteiger partial charge in [-0.1, -0.05) is 74.5 Å². The largest absolute Gasteiger partial charge is 0.465 e. The smallest absolute Gasteiger partial charge is 0.407 e. The zero-order valence-corrected chi connectivity index (χ0v) is 38.1. The Morgan fingerprint density at radius 1 is 0.766 bits per heavy atom. The minimum Gasteiger partial charge on any atom is -0.465 e. The number of hydrogen-bond donors (Lipinski definition) is 6. The fraction of sp³-hybridized carbons (Fsp3) is 0.591. The van der Waals surface area contributed by atoms with Crippen LogP contribution >= 0.6 is 0 Å². The van der Waals surface area contributed by atoms with E-state index >= 15 is 8.78 Å². The molecule has 4 unspecified atom stereocenters. The Morgan fingerprint density at radius 3 is 1.75 bits per heavy atom. The van der Waals surface area contributed by atoms with Crippen molar-refractivity contribution in [1.29, 1.82) is 0 Å². The molecule has 2 fully saturated rings. The first kappa shape index (κ1) is 51.3. The molecule has 6 N–H and O–H groups in total. The number of nitrogens with one attached hydrogen (secondary N) is 5. The van der Waals surface area contributed by atoms with E-state index in [1.807, 2.05) is 0 Å². The summed E-state index contributed by atoms with van der Waals surface area (Å²) in [6.45, 7) is 7.02. The first-order valence-electron chi connectivity index (χ1n) is 21.4. The summed E-state index contributed by atoms with van der Waals surface area (Å²) in [6.07, 6.45) is -0.756. The number of nitrogens with zero attached hydrogens (tertiary/aromatic N) is 2. The third-order valence-electron chi connectivity index (χ3n) is 11.1. The van der Waals surface area contributed by atoms with Gasteiger partial charge >= 0.3 is 12.2 Å². The predicted molar refractivity (Wildman–Crippen MR) is 234 cm³/mol. The van der Waals surface area contributed by atoms with Crippen molar-refractivity contribution in [2.24, 2.45) is 11.3 Å². The van der Waals surface area contributed by atoms with E-state index < -0.39 is 93.5 Å². The van der Waals surface area contributed by atoms with Crippen LogP contribution in [0.1, 0.15) is 77.8 Å². The van der Waals surface area contributed by atoms with Crippen LogP contribution < -0.4 is 26.6 Å². The maximum absolute atomic E-state index is 15.8. The normalized spacial score (nSPS) is 17.8. The summed E-state index contributed by atoms with van der Waals surface area (Å²) in [5, 5.41) is 22.5. The zero-order valence-electron chi connectivity index (χ0n) is 37.3. The lowest BCUT2D eigenvalue weighted by Gasteiger charge is -2.56. The van der Waals surface area contributed by atoms with Crippen molar-refractivity contribution in [2.75, 3.05) is 39.0 Å². The van der Waals surface area contributed by atoms with E-state index in [0.29, 0.717) is 17.5 Å². The Hall–Kier alpha value is -5.37. The van der Waals surface area contributed by atoms with Crippen LogP contribution in [0.2, 0.25) is 0 Å². The second-order valence-corrected chi connectivity index (χ2v) is 20.1. The molecule has 2 aliphatic heterocycles. The highest BCUT2D eigenvalue weighted by Crippen LogP contribution is 2.50. The van der Waals surface area contributed by atoms with Gasteiger partial charge in [0, 0.05) is 39.0 Å². The number of carboxylic acid groups (broad SMARTS) is 1. The summed E-state index contributed by atoms with van der Waals surface area (Å²) < 4.78 is 62.0. The van der Waals surface area contributed by atoms with Gasteiger partial charge in [0.15, 0.2) is 0 Å². The van der Waals surface area contributed by atoms with E-state index in [0.717, 1.165) is 15.5 Å². The molecule has 4 atom stereocenters. The molecule has 64 heavy (non-hydrogen) atoms. The molecule has 0 bridgehead atoms. The Labute approximate surface area is 373 Å². The Balaban J connectivity index is 1.54. The van der Waals surface area contributed by atoms with E-state index in [1.165, 1.54) is 0 Å². The lowest BCUT2D eigenvalue weighted by Crippen LogP contribution is -2.71. The molecule has 17 nitrogen and oxygen atoms in total. The molecule has 2 saturated heterocycles. The minimum atomic E-state index is -3.69. The number of unbranched alkanes of at least 4 members (excludes halogenated alkanes) is 1. The summed E-state index contributed by atoms with van der Waals surface area (Å²) in [5.41, 5.74) is -1.06. The molecule has 2 aliphatic rings. The van der Waals surface area contributed by atoms with Crippen LogP contribution in [0.5, 0.6) is 0 Å². The standard InChI is InChI=1S/C44H63F2N7O10S/c1-29(2)23-33(49-37(55)34(24-30-15-9-7-10-16-30)50-38(56)35(51-40(58)59)25-31-17-11-8-12-18-31)36(54)48-32(19-13-14-21-47-41(60)63-42(3,4)5)39(57)52-22-20-43(44(45,46)28-52)26-53(27-43)64(6,61)62/h7-12,15-18,29,32-35,51H,13-14,19-28H2,1-6H3,(H,47,60)(H,48,54)(H,49,55)(H,50,56)(H,58,59). The predicted octanol–water partition coefficient (Wildman–Crippen LogP) is 3.43. The molecule has 6 amide bonds. The summed E-state index contributed by atoms with van der Waals surface area (Å²) in [5.74, 6) is -6.76. The van der Waals surface area contributed by atoms with Crippen molar-refractivity contribution in [2.45, 2.75) is 115 Å². The van der Waals surface area contributed by atoms with Gasteiger partial charge in [-0.15, -0.1) is 0 Å². The maximum Gasteiger partial charge on any atom is 0.407 e. The number of piperidine rings is 1. The van der Waals surface area contributed by atoms with Crippen molar-refractivity contribution in [3.05, 3.63) is 71.8 Å². The number of amides is 6. The topological polar surface area (TPSA) is 233 Å². The number of sulfonamides is 1. The van der Waals surface area contributed by atoms with Gasteiger partial charge in [-0.2, -0.15) is 0 Å². The van der Waals surface area contributed by atoms with Crippen LogP contribution in [0.25, 0.3) is 0 Å². The summed E-state index contributed by atoms with van der Waals surface area (Å²) >= 11 is 0. The Morgan fingerprint density at radius 2 is 1.27 bits per heavy atom.